The van der Waals surface area contributed by atoms with Crippen molar-refractivity contribution in [2.45, 2.75) is 0 Å². The molecule has 2 rings (SSSR count). The van der Waals surface area contributed by atoms with Gasteiger partial charge in [0.25, 0.3) is 0 Å². The third-order valence-electron chi connectivity index (χ3n) is 2.36. The molecule has 0 amide bonds. The molecule has 7 heteroatoms. The van der Waals surface area contributed by atoms with E-state index >= 15 is 0 Å². The van der Waals surface area contributed by atoms with Gasteiger partial charge in [-0.15, -0.1) is 0 Å². The molecule has 0 atom stereocenters. The van der Waals surface area contributed by atoms with E-state index in [1.165, 1.54) is 0 Å². The molecule has 1 aliphatic rings. The van der Waals surface area contributed by atoms with E-state index in [0.717, 1.165) is 6.26 Å². The summed E-state index contributed by atoms with van der Waals surface area (Å²) in [6.45, 7) is 0.653. The van der Waals surface area contributed by atoms with Crippen LogP contribution >= 0.6 is 0 Å². The number of hydrogen-bond acceptors (Lipinski definition) is 5. The molecule has 6 nitrogen and oxygen atoms in total. The molecule has 98 valence electrons. The highest BCUT2D eigenvalue weighted by atomic mass is 32.2. The number of ketones is 1. The van der Waals surface area contributed by atoms with Crippen LogP contribution in [0.4, 0.5) is 0 Å². The van der Waals surface area contributed by atoms with E-state index in [0.29, 0.717) is 30.3 Å². The van der Waals surface area contributed by atoms with Crippen molar-refractivity contribution < 1.29 is 22.7 Å². The molecule has 0 bridgehead atoms. The Kier molecular flexibility index (Phi) is 3.53. The molecule has 1 aliphatic heterocycles. The van der Waals surface area contributed by atoms with Gasteiger partial charge in [0.15, 0.2) is 17.3 Å². The normalized spacial score (nSPS) is 14.3. The molecular weight excluding hydrogens is 258 g/mol. The average Bonchev–Trinajstić information content (AvgIpc) is 2.34. The lowest BCUT2D eigenvalue weighted by molar-refractivity contribution is 0.0995. The predicted octanol–water partition coefficient (Wildman–Crippen LogP) is 0.190. The van der Waals surface area contributed by atoms with Gasteiger partial charge in [0.05, 0.1) is 12.8 Å². The van der Waals surface area contributed by atoms with Crippen LogP contribution in [0.25, 0.3) is 0 Å². The minimum Gasteiger partial charge on any atom is -0.486 e. The third kappa shape index (κ3) is 3.21. The summed E-state index contributed by atoms with van der Waals surface area (Å²) >= 11 is 0. The number of sulfonamides is 1. The highest BCUT2D eigenvalue weighted by Crippen LogP contribution is 2.30. The van der Waals surface area contributed by atoms with E-state index in [2.05, 4.69) is 4.72 Å². The number of benzene rings is 1. The first kappa shape index (κ1) is 12.8. The number of carbonyl (C=O) groups is 1. The Morgan fingerprint density at radius 2 is 1.94 bits per heavy atom. The summed E-state index contributed by atoms with van der Waals surface area (Å²) in [6, 6.07) is 4.78. The van der Waals surface area contributed by atoms with Gasteiger partial charge in [-0.1, -0.05) is 0 Å². The topological polar surface area (TPSA) is 81.7 Å². The number of ether oxygens (including phenoxy) is 2. The zero-order valence-electron chi connectivity index (χ0n) is 9.80. The van der Waals surface area contributed by atoms with Crippen LogP contribution in [0.15, 0.2) is 18.2 Å². The summed E-state index contributed by atoms with van der Waals surface area (Å²) in [6.07, 6.45) is 1.00. The largest absolute Gasteiger partial charge is 0.486 e. The van der Waals surface area contributed by atoms with Crippen molar-refractivity contribution in [2.75, 3.05) is 26.0 Å². The lowest BCUT2D eigenvalue weighted by atomic mass is 10.1. The van der Waals surface area contributed by atoms with Gasteiger partial charge in [-0.05, 0) is 18.2 Å². The van der Waals surface area contributed by atoms with Crippen LogP contribution in [0.5, 0.6) is 11.5 Å². The van der Waals surface area contributed by atoms with Crippen LogP contribution in [-0.2, 0) is 10.0 Å². The maximum absolute atomic E-state index is 11.8. The molecule has 0 spiro atoms. The molecule has 0 saturated carbocycles. The van der Waals surface area contributed by atoms with Crippen molar-refractivity contribution >= 4 is 15.8 Å². The van der Waals surface area contributed by atoms with Crippen molar-refractivity contribution in [3.05, 3.63) is 23.8 Å². The molecule has 1 heterocycles. The SMILES string of the molecule is CS(=O)(=O)NCC(=O)c1ccc2c(c1)OCCO2. The summed E-state index contributed by atoms with van der Waals surface area (Å²) in [5.41, 5.74) is 0.385. The van der Waals surface area contributed by atoms with Gasteiger partial charge in [-0.3, -0.25) is 4.79 Å². The maximum Gasteiger partial charge on any atom is 0.209 e. The summed E-state index contributed by atoms with van der Waals surface area (Å²) in [5.74, 6) is 0.776. The number of nitrogens with one attached hydrogen (secondary N) is 1. The Morgan fingerprint density at radius 1 is 1.28 bits per heavy atom. The monoisotopic (exact) mass is 271 g/mol. The van der Waals surface area contributed by atoms with Crippen molar-refractivity contribution in [3.8, 4) is 11.5 Å². The van der Waals surface area contributed by atoms with Crippen molar-refractivity contribution in [1.82, 2.24) is 4.72 Å². The summed E-state index contributed by atoms with van der Waals surface area (Å²) in [4.78, 5) is 11.8. The molecule has 18 heavy (non-hydrogen) atoms. The molecule has 0 aromatic heterocycles. The van der Waals surface area contributed by atoms with E-state index in [4.69, 9.17) is 9.47 Å². The van der Waals surface area contributed by atoms with Gasteiger partial charge in [-0.25, -0.2) is 13.1 Å². The average molecular weight is 271 g/mol. The standard InChI is InChI=1S/C11H13NO5S/c1-18(14,15)12-7-9(13)8-2-3-10-11(6-8)17-5-4-16-10/h2-3,6,12H,4-5,7H2,1H3. The molecular formula is C11H13NO5S. The Labute approximate surface area is 105 Å². The van der Waals surface area contributed by atoms with Gasteiger partial charge >= 0.3 is 0 Å². The van der Waals surface area contributed by atoms with E-state index in [1.807, 2.05) is 0 Å². The van der Waals surface area contributed by atoms with Crippen molar-refractivity contribution in [1.29, 1.82) is 0 Å². The first-order valence-corrected chi connectivity index (χ1v) is 7.22. The molecule has 1 aromatic rings. The van der Waals surface area contributed by atoms with Gasteiger partial charge in [0.2, 0.25) is 10.0 Å². The molecule has 1 aromatic carbocycles. The van der Waals surface area contributed by atoms with E-state index in [9.17, 15) is 13.2 Å². The minimum absolute atomic E-state index is 0.265. The van der Waals surface area contributed by atoms with E-state index in [-0.39, 0.29) is 12.3 Å². The zero-order chi connectivity index (χ0) is 13.2. The number of fused-ring (bicyclic) bond motifs is 1. The predicted molar refractivity (Wildman–Crippen MR) is 64.6 cm³/mol. The number of carbonyl (C=O) groups excluding carboxylic acids is 1. The van der Waals surface area contributed by atoms with Crippen LogP contribution in [-0.4, -0.2) is 40.2 Å². The Balaban J connectivity index is 2.11. The van der Waals surface area contributed by atoms with Gasteiger partial charge in [-0.2, -0.15) is 0 Å². The van der Waals surface area contributed by atoms with Gasteiger partial charge in [0.1, 0.15) is 13.2 Å². The second kappa shape index (κ2) is 4.95. The summed E-state index contributed by atoms with van der Waals surface area (Å²) in [5, 5.41) is 0. The summed E-state index contributed by atoms with van der Waals surface area (Å²) < 4.78 is 34.6. The smallest absolute Gasteiger partial charge is 0.209 e. The van der Waals surface area contributed by atoms with Crippen LogP contribution in [0.1, 0.15) is 10.4 Å². The van der Waals surface area contributed by atoms with Crippen LogP contribution in [0.3, 0.4) is 0 Å². The third-order valence-corrected chi connectivity index (χ3v) is 3.03. The molecule has 0 unspecified atom stereocenters. The first-order valence-electron chi connectivity index (χ1n) is 5.33. The lowest BCUT2D eigenvalue weighted by Crippen LogP contribution is -2.28. The zero-order valence-corrected chi connectivity index (χ0v) is 10.6. The maximum atomic E-state index is 11.8. The molecule has 0 aliphatic carbocycles. The lowest BCUT2D eigenvalue weighted by Gasteiger charge is -2.18. The summed E-state index contributed by atoms with van der Waals surface area (Å²) in [7, 11) is -3.37. The van der Waals surface area contributed by atoms with Crippen LogP contribution in [0, 0.1) is 0 Å². The number of Topliss-reactive ketones (excluding diaryl/α,β-unsaturated/α-hetero) is 1. The van der Waals surface area contributed by atoms with Crippen molar-refractivity contribution in [3.63, 3.8) is 0 Å². The molecule has 1 N–H and O–H groups in total. The Morgan fingerprint density at radius 3 is 2.61 bits per heavy atom. The molecule has 0 fully saturated rings. The van der Waals surface area contributed by atoms with Crippen molar-refractivity contribution in [2.24, 2.45) is 0 Å². The van der Waals surface area contributed by atoms with Gasteiger partial charge in [0, 0.05) is 5.56 Å². The van der Waals surface area contributed by atoms with E-state index < -0.39 is 10.0 Å². The molecule has 0 radical (unpaired) electrons. The quantitative estimate of drug-likeness (QED) is 0.791. The van der Waals surface area contributed by atoms with E-state index in [1.54, 1.807) is 18.2 Å². The molecule has 0 saturated heterocycles. The second-order valence-corrected chi connectivity index (χ2v) is 5.71. The minimum atomic E-state index is -3.37. The van der Waals surface area contributed by atoms with Crippen LogP contribution in [0.2, 0.25) is 0 Å². The van der Waals surface area contributed by atoms with Gasteiger partial charge < -0.3 is 9.47 Å². The Bertz CT molecular complexity index is 567. The Hall–Kier alpha value is -1.60. The highest BCUT2D eigenvalue weighted by Gasteiger charge is 2.15. The fourth-order valence-corrected chi connectivity index (χ4v) is 1.91. The highest BCUT2D eigenvalue weighted by molar-refractivity contribution is 7.88. The first-order chi connectivity index (χ1) is 8.46. The van der Waals surface area contributed by atoms with Crippen LogP contribution < -0.4 is 14.2 Å². The number of rotatable bonds is 4. The number of hydrogen-bond donors (Lipinski definition) is 1. The second-order valence-electron chi connectivity index (χ2n) is 3.87. The fourth-order valence-electron chi connectivity index (χ4n) is 1.52. The fraction of sp³-hybridized carbons (Fsp3) is 0.364.